The van der Waals surface area contributed by atoms with Crippen LogP contribution in [0.25, 0.3) is 0 Å². The van der Waals surface area contributed by atoms with Crippen LogP contribution in [0.5, 0.6) is 0 Å². The van der Waals surface area contributed by atoms with Crippen LogP contribution in [0.1, 0.15) is 36.0 Å². The lowest BCUT2D eigenvalue weighted by molar-refractivity contribution is -0.137. The molecule has 1 aromatic rings. The molecule has 1 aromatic carbocycles. The molecule has 4 heteroatoms. The molecule has 1 fully saturated rings. The summed E-state index contributed by atoms with van der Waals surface area (Å²) in [4.78, 5) is 10.9. The summed E-state index contributed by atoms with van der Waals surface area (Å²) in [6.07, 6.45) is 1.41. The Morgan fingerprint density at radius 2 is 2.12 bits per heavy atom. The maximum atomic E-state index is 14.2. The Bertz CT molecular complexity index is 466. The summed E-state index contributed by atoms with van der Waals surface area (Å²) in [5.74, 6) is -1.19. The first-order valence-corrected chi connectivity index (χ1v) is 5.93. The largest absolute Gasteiger partial charge is 0.481 e. The van der Waals surface area contributed by atoms with Crippen LogP contribution < -0.4 is 0 Å². The first-order chi connectivity index (χ1) is 7.87. The predicted molar refractivity (Wildman–Crippen MR) is 64.0 cm³/mol. The van der Waals surface area contributed by atoms with Crippen LogP contribution in [-0.4, -0.2) is 11.1 Å². The van der Waals surface area contributed by atoms with E-state index in [1.165, 1.54) is 0 Å². The van der Waals surface area contributed by atoms with Crippen LogP contribution in [-0.2, 0) is 10.2 Å². The van der Waals surface area contributed by atoms with Crippen molar-refractivity contribution < 1.29 is 14.3 Å². The molecule has 17 heavy (non-hydrogen) atoms. The molecule has 0 spiro atoms. The molecule has 0 aromatic heterocycles. The molecule has 0 bridgehead atoms. The SMILES string of the molecule is Cc1cc(Cl)c(C)c(C2(CC(=O)O)CC2)c1F. The Morgan fingerprint density at radius 3 is 2.59 bits per heavy atom. The summed E-state index contributed by atoms with van der Waals surface area (Å²) < 4.78 is 14.2. The third kappa shape index (κ3) is 2.04. The van der Waals surface area contributed by atoms with Crippen molar-refractivity contribution in [3.05, 3.63) is 33.6 Å². The molecular formula is C13H14ClFO2. The number of aliphatic carboxylic acids is 1. The summed E-state index contributed by atoms with van der Waals surface area (Å²) in [5.41, 5.74) is 1.13. The quantitative estimate of drug-likeness (QED) is 0.897. The van der Waals surface area contributed by atoms with E-state index in [0.29, 0.717) is 21.7 Å². The molecule has 2 rings (SSSR count). The van der Waals surface area contributed by atoms with Crippen molar-refractivity contribution in [2.75, 3.05) is 0 Å². The second kappa shape index (κ2) is 3.98. The van der Waals surface area contributed by atoms with Crippen LogP contribution in [0.4, 0.5) is 4.39 Å². The van der Waals surface area contributed by atoms with Gasteiger partial charge in [-0.15, -0.1) is 0 Å². The molecule has 0 amide bonds. The Morgan fingerprint density at radius 1 is 1.53 bits per heavy atom. The second-order valence-electron chi connectivity index (χ2n) is 4.84. The van der Waals surface area contributed by atoms with E-state index in [2.05, 4.69) is 0 Å². The first-order valence-electron chi connectivity index (χ1n) is 5.55. The summed E-state index contributed by atoms with van der Waals surface area (Å²) in [7, 11) is 0. The van der Waals surface area contributed by atoms with Gasteiger partial charge in [-0.1, -0.05) is 11.6 Å². The van der Waals surface area contributed by atoms with Gasteiger partial charge in [-0.05, 0) is 49.4 Å². The first kappa shape index (κ1) is 12.4. The number of aryl methyl sites for hydroxylation is 1. The fourth-order valence-corrected chi connectivity index (χ4v) is 2.69. The van der Waals surface area contributed by atoms with Gasteiger partial charge in [-0.3, -0.25) is 4.79 Å². The molecule has 1 aliphatic carbocycles. The van der Waals surface area contributed by atoms with Gasteiger partial charge in [0.1, 0.15) is 5.82 Å². The lowest BCUT2D eigenvalue weighted by Gasteiger charge is -2.19. The second-order valence-corrected chi connectivity index (χ2v) is 5.25. The van der Waals surface area contributed by atoms with Crippen molar-refractivity contribution in [3.8, 4) is 0 Å². The standard InChI is InChI=1S/C13H14ClFO2/c1-7-5-9(14)8(2)11(12(7)15)13(3-4-13)6-10(16)17/h5H,3-4,6H2,1-2H3,(H,16,17). The van der Waals surface area contributed by atoms with E-state index in [4.69, 9.17) is 16.7 Å². The van der Waals surface area contributed by atoms with Crippen LogP contribution >= 0.6 is 11.6 Å². The minimum Gasteiger partial charge on any atom is -0.481 e. The number of halogens is 2. The molecular weight excluding hydrogens is 243 g/mol. The molecule has 2 nitrogen and oxygen atoms in total. The van der Waals surface area contributed by atoms with Gasteiger partial charge in [0, 0.05) is 10.4 Å². The number of carboxylic acid groups (broad SMARTS) is 1. The summed E-state index contributed by atoms with van der Waals surface area (Å²) in [6.45, 7) is 3.41. The van der Waals surface area contributed by atoms with Gasteiger partial charge in [0.2, 0.25) is 0 Å². The third-order valence-electron chi connectivity index (χ3n) is 3.52. The lowest BCUT2D eigenvalue weighted by atomic mass is 9.87. The van der Waals surface area contributed by atoms with Gasteiger partial charge in [-0.2, -0.15) is 0 Å². The molecule has 0 saturated heterocycles. The summed E-state index contributed by atoms with van der Waals surface area (Å²) >= 11 is 6.05. The average molecular weight is 257 g/mol. The fraction of sp³-hybridized carbons (Fsp3) is 0.462. The molecule has 1 N–H and O–H groups in total. The lowest BCUT2D eigenvalue weighted by Crippen LogP contribution is -2.17. The van der Waals surface area contributed by atoms with E-state index < -0.39 is 11.4 Å². The highest BCUT2D eigenvalue weighted by atomic mass is 35.5. The minimum atomic E-state index is -0.890. The highest BCUT2D eigenvalue weighted by Crippen LogP contribution is 2.54. The molecule has 0 atom stereocenters. The number of rotatable bonds is 3. The van der Waals surface area contributed by atoms with E-state index >= 15 is 0 Å². The number of carbonyl (C=O) groups is 1. The molecule has 0 radical (unpaired) electrons. The summed E-state index contributed by atoms with van der Waals surface area (Å²) in [6, 6.07) is 1.59. The van der Waals surface area contributed by atoms with Gasteiger partial charge in [0.25, 0.3) is 0 Å². The Hall–Kier alpha value is -1.09. The molecule has 0 heterocycles. The Labute approximate surface area is 104 Å². The van der Waals surface area contributed by atoms with Gasteiger partial charge in [0.15, 0.2) is 0 Å². The smallest absolute Gasteiger partial charge is 0.304 e. The predicted octanol–water partition coefficient (Wildman–Crippen LogP) is 3.60. The number of hydrogen-bond donors (Lipinski definition) is 1. The van der Waals surface area contributed by atoms with Gasteiger partial charge >= 0.3 is 5.97 Å². The van der Waals surface area contributed by atoms with E-state index in [1.807, 2.05) is 0 Å². The van der Waals surface area contributed by atoms with Crippen molar-refractivity contribution in [1.29, 1.82) is 0 Å². The Kier molecular flexibility index (Phi) is 2.90. The molecule has 1 saturated carbocycles. The highest BCUT2D eigenvalue weighted by molar-refractivity contribution is 6.31. The van der Waals surface area contributed by atoms with E-state index in [1.54, 1.807) is 19.9 Å². The number of hydrogen-bond acceptors (Lipinski definition) is 1. The summed E-state index contributed by atoms with van der Waals surface area (Å²) in [5, 5.41) is 9.43. The van der Waals surface area contributed by atoms with E-state index in [-0.39, 0.29) is 12.2 Å². The van der Waals surface area contributed by atoms with Crippen LogP contribution in [0.2, 0.25) is 5.02 Å². The van der Waals surface area contributed by atoms with Crippen molar-refractivity contribution in [1.82, 2.24) is 0 Å². The molecule has 92 valence electrons. The Balaban J connectivity index is 2.55. The topological polar surface area (TPSA) is 37.3 Å². The maximum Gasteiger partial charge on any atom is 0.304 e. The van der Waals surface area contributed by atoms with Crippen LogP contribution in [0.15, 0.2) is 6.07 Å². The molecule has 1 aliphatic rings. The zero-order chi connectivity index (χ0) is 12.8. The van der Waals surface area contributed by atoms with Gasteiger partial charge in [-0.25, -0.2) is 4.39 Å². The number of benzene rings is 1. The monoisotopic (exact) mass is 256 g/mol. The zero-order valence-electron chi connectivity index (χ0n) is 9.81. The molecule has 0 unspecified atom stereocenters. The maximum absolute atomic E-state index is 14.2. The van der Waals surface area contributed by atoms with Crippen LogP contribution in [0, 0.1) is 19.7 Å². The van der Waals surface area contributed by atoms with Crippen molar-refractivity contribution in [3.63, 3.8) is 0 Å². The van der Waals surface area contributed by atoms with Crippen molar-refractivity contribution in [2.24, 2.45) is 0 Å². The average Bonchev–Trinajstić information content (AvgIpc) is 2.95. The van der Waals surface area contributed by atoms with E-state index in [9.17, 15) is 9.18 Å². The van der Waals surface area contributed by atoms with Crippen molar-refractivity contribution in [2.45, 2.75) is 38.5 Å². The number of carboxylic acids is 1. The van der Waals surface area contributed by atoms with E-state index in [0.717, 1.165) is 12.8 Å². The van der Waals surface area contributed by atoms with Gasteiger partial charge < -0.3 is 5.11 Å². The molecule has 0 aliphatic heterocycles. The van der Waals surface area contributed by atoms with Crippen LogP contribution in [0.3, 0.4) is 0 Å². The van der Waals surface area contributed by atoms with Gasteiger partial charge in [0.05, 0.1) is 6.42 Å². The highest BCUT2D eigenvalue weighted by Gasteiger charge is 2.49. The third-order valence-corrected chi connectivity index (χ3v) is 3.91. The zero-order valence-corrected chi connectivity index (χ0v) is 10.6. The minimum absolute atomic E-state index is 0.0233. The fourth-order valence-electron chi connectivity index (χ4n) is 2.43. The normalized spacial score (nSPS) is 16.9. The van der Waals surface area contributed by atoms with Crippen molar-refractivity contribution >= 4 is 17.6 Å².